The van der Waals surface area contributed by atoms with Gasteiger partial charge in [0.25, 0.3) is 0 Å². The fraction of sp³-hybridized carbons (Fsp3) is 0.125. The maximum Gasteiger partial charge on any atom is 0.203 e. The maximum absolute atomic E-state index is 12.6. The highest BCUT2D eigenvalue weighted by atomic mass is 19.1. The highest BCUT2D eigenvalue weighted by Crippen LogP contribution is 2.09. The molecule has 0 saturated carbocycles. The minimum Gasteiger partial charge on any atom is -0.207 e. The number of halogens is 1. The predicted molar refractivity (Wildman–Crippen MR) is 39.4 cm³/mol. The first-order chi connectivity index (χ1) is 5.25. The van der Waals surface area contributed by atoms with Crippen molar-refractivity contribution >= 4 is 10.9 Å². The van der Waals surface area contributed by atoms with Crippen molar-refractivity contribution in [3.63, 3.8) is 0 Å². The molecule has 0 atom stereocenters. The smallest absolute Gasteiger partial charge is 0.203 e. The summed E-state index contributed by atoms with van der Waals surface area (Å²) in [7, 11) is 1.87. The van der Waals surface area contributed by atoms with Crippen LogP contribution >= 0.6 is 0 Å². The van der Waals surface area contributed by atoms with Crippen molar-refractivity contribution in [3.8, 4) is 0 Å². The Morgan fingerprint density at radius 2 is 2.27 bits per heavy atom. The zero-order chi connectivity index (χ0) is 7.84. The third-order valence-electron chi connectivity index (χ3n) is 1.64. The molecule has 56 valence electrons. The van der Waals surface area contributed by atoms with Gasteiger partial charge < -0.3 is 0 Å². The Balaban J connectivity index is 2.82. The molecule has 1 aromatic heterocycles. The molecule has 0 bridgehead atoms. The van der Waals surface area contributed by atoms with Gasteiger partial charge in [-0.2, -0.15) is 5.10 Å². The van der Waals surface area contributed by atoms with Gasteiger partial charge in [0.15, 0.2) is 7.05 Å². The van der Waals surface area contributed by atoms with Gasteiger partial charge in [0.1, 0.15) is 11.3 Å². The third-order valence-corrected chi connectivity index (χ3v) is 1.64. The van der Waals surface area contributed by atoms with Crippen molar-refractivity contribution < 1.29 is 9.07 Å². The van der Waals surface area contributed by atoms with Crippen LogP contribution in [0, 0.1) is 5.82 Å². The summed E-state index contributed by atoms with van der Waals surface area (Å²) in [5, 5.41) is 3.93. The Bertz CT molecular complexity index is 392. The molecule has 2 aromatic rings. The van der Waals surface area contributed by atoms with Gasteiger partial charge in [-0.15, -0.1) is 4.68 Å². The molecule has 0 aliphatic rings. The summed E-state index contributed by atoms with van der Waals surface area (Å²) in [6.45, 7) is 0. The number of aryl methyl sites for hydroxylation is 1. The molecule has 2 rings (SSSR count). The molecular weight excluding hydrogens is 143 g/mol. The van der Waals surface area contributed by atoms with E-state index in [0.29, 0.717) is 0 Å². The average Bonchev–Trinajstić information content (AvgIpc) is 2.27. The van der Waals surface area contributed by atoms with Crippen LogP contribution in [0.3, 0.4) is 0 Å². The van der Waals surface area contributed by atoms with Crippen LogP contribution in [-0.4, -0.2) is 5.10 Å². The van der Waals surface area contributed by atoms with E-state index in [1.54, 1.807) is 10.7 Å². The van der Waals surface area contributed by atoms with Crippen LogP contribution in [0.25, 0.3) is 10.9 Å². The molecule has 0 unspecified atom stereocenters. The minimum absolute atomic E-state index is 0.197. The molecular formula is C8H8FN2+. The van der Waals surface area contributed by atoms with E-state index in [0.717, 1.165) is 10.9 Å². The molecule has 3 heteroatoms. The quantitative estimate of drug-likeness (QED) is 0.544. The second-order valence-corrected chi connectivity index (χ2v) is 2.58. The molecule has 1 aromatic carbocycles. The van der Waals surface area contributed by atoms with E-state index in [-0.39, 0.29) is 5.82 Å². The number of H-pyrrole nitrogens is 1. The first-order valence-electron chi connectivity index (χ1n) is 3.39. The molecule has 0 amide bonds. The molecule has 2 nitrogen and oxygen atoms in total. The van der Waals surface area contributed by atoms with Crippen LogP contribution < -0.4 is 4.68 Å². The highest BCUT2D eigenvalue weighted by molar-refractivity contribution is 5.76. The van der Waals surface area contributed by atoms with Crippen LogP contribution in [0.1, 0.15) is 0 Å². The summed E-state index contributed by atoms with van der Waals surface area (Å²) in [5.74, 6) is -0.197. The van der Waals surface area contributed by atoms with E-state index in [4.69, 9.17) is 0 Å². The van der Waals surface area contributed by atoms with Crippen molar-refractivity contribution in [1.82, 2.24) is 5.10 Å². The Hall–Kier alpha value is -1.38. The van der Waals surface area contributed by atoms with Crippen LogP contribution in [0.15, 0.2) is 24.4 Å². The Morgan fingerprint density at radius 1 is 1.45 bits per heavy atom. The third kappa shape index (κ3) is 0.981. The monoisotopic (exact) mass is 151 g/mol. The SMILES string of the molecule is C[n+]1cc2cc(F)ccc2[nH]1. The minimum atomic E-state index is -0.197. The van der Waals surface area contributed by atoms with Crippen molar-refractivity contribution in [2.45, 2.75) is 0 Å². The topological polar surface area (TPSA) is 19.7 Å². The molecule has 11 heavy (non-hydrogen) atoms. The summed E-state index contributed by atoms with van der Waals surface area (Å²) < 4.78 is 14.4. The fourth-order valence-electron chi connectivity index (χ4n) is 1.17. The highest BCUT2D eigenvalue weighted by Gasteiger charge is 2.02. The lowest BCUT2D eigenvalue weighted by Crippen LogP contribution is -2.27. The van der Waals surface area contributed by atoms with Crippen molar-refractivity contribution in [2.75, 3.05) is 0 Å². The summed E-state index contributed by atoms with van der Waals surface area (Å²) in [6.07, 6.45) is 1.85. The largest absolute Gasteiger partial charge is 0.207 e. The Morgan fingerprint density at radius 3 is 3.09 bits per heavy atom. The Kier molecular flexibility index (Phi) is 1.18. The molecule has 0 saturated heterocycles. The summed E-state index contributed by atoms with van der Waals surface area (Å²) in [6, 6.07) is 4.68. The number of aromatic nitrogens is 2. The molecule has 0 fully saturated rings. The van der Waals surface area contributed by atoms with Crippen LogP contribution in [-0.2, 0) is 7.05 Å². The summed E-state index contributed by atoms with van der Waals surface area (Å²) >= 11 is 0. The van der Waals surface area contributed by atoms with E-state index in [1.807, 2.05) is 13.2 Å². The van der Waals surface area contributed by atoms with E-state index in [9.17, 15) is 4.39 Å². The molecule has 0 spiro atoms. The van der Waals surface area contributed by atoms with Gasteiger partial charge in [-0.25, -0.2) is 4.39 Å². The summed E-state index contributed by atoms with van der Waals surface area (Å²) in [5.41, 5.74) is 0.953. The van der Waals surface area contributed by atoms with Crippen LogP contribution in [0.5, 0.6) is 0 Å². The molecule has 1 N–H and O–H groups in total. The van der Waals surface area contributed by atoms with Crippen LogP contribution in [0.4, 0.5) is 4.39 Å². The summed E-state index contributed by atoms with van der Waals surface area (Å²) in [4.78, 5) is 0. The second kappa shape index (κ2) is 2.05. The normalized spacial score (nSPS) is 10.7. The first kappa shape index (κ1) is 6.34. The number of rotatable bonds is 0. The zero-order valence-electron chi connectivity index (χ0n) is 6.13. The molecule has 1 heterocycles. The van der Waals surface area contributed by atoms with E-state index in [2.05, 4.69) is 5.10 Å². The number of fused-ring (bicyclic) bond motifs is 1. The van der Waals surface area contributed by atoms with Gasteiger partial charge in [0.2, 0.25) is 6.20 Å². The number of nitrogens with zero attached hydrogens (tertiary/aromatic N) is 1. The van der Waals surface area contributed by atoms with E-state index >= 15 is 0 Å². The number of benzene rings is 1. The van der Waals surface area contributed by atoms with Crippen molar-refractivity contribution in [3.05, 3.63) is 30.2 Å². The van der Waals surface area contributed by atoms with Gasteiger partial charge in [0.05, 0.1) is 5.39 Å². The standard InChI is InChI=1S/C8H7FN2/c1-11-5-6-4-7(9)2-3-8(6)10-11/h2-5H,1H3/p+1. The lowest BCUT2D eigenvalue weighted by molar-refractivity contribution is -0.724. The van der Waals surface area contributed by atoms with Gasteiger partial charge >= 0.3 is 0 Å². The number of aromatic amines is 1. The fourth-order valence-corrected chi connectivity index (χ4v) is 1.17. The van der Waals surface area contributed by atoms with Crippen LogP contribution in [0.2, 0.25) is 0 Å². The number of nitrogens with one attached hydrogen (secondary N) is 1. The van der Waals surface area contributed by atoms with Gasteiger partial charge in [-0.05, 0) is 18.2 Å². The Labute approximate surface area is 63.3 Å². The lowest BCUT2D eigenvalue weighted by Gasteiger charge is -1.83. The van der Waals surface area contributed by atoms with Gasteiger partial charge in [0, 0.05) is 0 Å². The molecule has 0 radical (unpaired) electrons. The van der Waals surface area contributed by atoms with Gasteiger partial charge in [-0.1, -0.05) is 0 Å². The van der Waals surface area contributed by atoms with E-state index in [1.165, 1.54) is 12.1 Å². The van der Waals surface area contributed by atoms with E-state index < -0.39 is 0 Å². The average molecular weight is 151 g/mol. The number of hydrogen-bond donors (Lipinski definition) is 1. The second-order valence-electron chi connectivity index (χ2n) is 2.58. The lowest BCUT2D eigenvalue weighted by atomic mass is 10.2. The van der Waals surface area contributed by atoms with Crippen molar-refractivity contribution in [2.24, 2.45) is 7.05 Å². The van der Waals surface area contributed by atoms with Crippen molar-refractivity contribution in [1.29, 1.82) is 0 Å². The molecule has 0 aliphatic carbocycles. The number of hydrogen-bond acceptors (Lipinski definition) is 0. The predicted octanol–water partition coefficient (Wildman–Crippen LogP) is 1.13. The molecule has 0 aliphatic heterocycles. The zero-order valence-corrected chi connectivity index (χ0v) is 6.13. The van der Waals surface area contributed by atoms with Gasteiger partial charge in [-0.3, -0.25) is 0 Å². The maximum atomic E-state index is 12.6. The first-order valence-corrected chi connectivity index (χ1v) is 3.39.